The maximum atomic E-state index is 12.2. The summed E-state index contributed by atoms with van der Waals surface area (Å²) in [7, 11) is -3.17. The molecule has 0 saturated carbocycles. The molecule has 1 fully saturated rings. The van der Waals surface area contributed by atoms with Crippen LogP contribution in [-0.4, -0.2) is 63.2 Å². The maximum Gasteiger partial charge on any atom is 0.239 e. The standard InChI is InChI=1S/C12H25N3O3S2/c1-19-7-5-11(13)12(16)15-6-3-4-10(9-15)8-14-20(2,17)18/h10-11,14H,3-9,13H2,1-2H3/t10?,11-/m1/s1. The molecule has 0 aromatic carbocycles. The van der Waals surface area contributed by atoms with Crippen molar-refractivity contribution in [3.63, 3.8) is 0 Å². The number of amides is 1. The van der Waals surface area contributed by atoms with Gasteiger partial charge < -0.3 is 10.6 Å². The molecule has 0 spiro atoms. The minimum Gasteiger partial charge on any atom is -0.341 e. The Balaban J connectivity index is 2.45. The summed E-state index contributed by atoms with van der Waals surface area (Å²) < 4.78 is 24.7. The molecule has 8 heteroatoms. The van der Waals surface area contributed by atoms with Crippen molar-refractivity contribution in [1.82, 2.24) is 9.62 Å². The zero-order valence-electron chi connectivity index (χ0n) is 12.2. The topological polar surface area (TPSA) is 92.5 Å². The highest BCUT2D eigenvalue weighted by Crippen LogP contribution is 2.17. The summed E-state index contributed by atoms with van der Waals surface area (Å²) in [6.07, 6.45) is 5.66. The van der Waals surface area contributed by atoms with E-state index in [2.05, 4.69) is 4.72 Å². The van der Waals surface area contributed by atoms with Gasteiger partial charge in [0, 0.05) is 19.6 Å². The lowest BCUT2D eigenvalue weighted by atomic mass is 9.97. The molecule has 0 aromatic rings. The molecule has 0 aromatic heterocycles. The average Bonchev–Trinajstić information content (AvgIpc) is 2.41. The van der Waals surface area contributed by atoms with Gasteiger partial charge in [0.15, 0.2) is 0 Å². The summed E-state index contributed by atoms with van der Waals surface area (Å²) in [5.74, 6) is 1.04. The largest absolute Gasteiger partial charge is 0.341 e. The van der Waals surface area contributed by atoms with Crippen molar-refractivity contribution in [2.45, 2.75) is 25.3 Å². The van der Waals surface area contributed by atoms with Crippen molar-refractivity contribution in [2.75, 3.05) is 37.9 Å². The smallest absolute Gasteiger partial charge is 0.239 e. The summed E-state index contributed by atoms with van der Waals surface area (Å²) in [5.41, 5.74) is 5.91. The van der Waals surface area contributed by atoms with Crippen LogP contribution < -0.4 is 10.5 Å². The molecule has 1 aliphatic rings. The van der Waals surface area contributed by atoms with Crippen LogP contribution in [0, 0.1) is 5.92 Å². The van der Waals surface area contributed by atoms with Gasteiger partial charge in [-0.3, -0.25) is 4.79 Å². The SMILES string of the molecule is CSCC[C@@H](N)C(=O)N1CCCC(CNS(C)(=O)=O)C1. The van der Waals surface area contributed by atoms with Crippen molar-refractivity contribution in [3.05, 3.63) is 0 Å². The molecule has 0 aliphatic carbocycles. The summed E-state index contributed by atoms with van der Waals surface area (Å²) >= 11 is 1.68. The van der Waals surface area contributed by atoms with Crippen LogP contribution in [0.25, 0.3) is 0 Å². The molecule has 3 N–H and O–H groups in total. The van der Waals surface area contributed by atoms with Crippen LogP contribution in [0.1, 0.15) is 19.3 Å². The second-order valence-corrected chi connectivity index (χ2v) is 8.12. The van der Waals surface area contributed by atoms with E-state index in [1.54, 1.807) is 16.7 Å². The van der Waals surface area contributed by atoms with Gasteiger partial charge in [-0.15, -0.1) is 0 Å². The van der Waals surface area contributed by atoms with Crippen molar-refractivity contribution < 1.29 is 13.2 Å². The Hall–Kier alpha value is -0.310. The lowest BCUT2D eigenvalue weighted by Gasteiger charge is -2.34. The summed E-state index contributed by atoms with van der Waals surface area (Å²) in [5, 5.41) is 0. The lowest BCUT2D eigenvalue weighted by molar-refractivity contribution is -0.134. The van der Waals surface area contributed by atoms with Crippen LogP contribution in [0.15, 0.2) is 0 Å². The number of sulfonamides is 1. The molecule has 1 amide bonds. The highest BCUT2D eigenvalue weighted by Gasteiger charge is 2.27. The molecule has 6 nitrogen and oxygen atoms in total. The van der Waals surface area contributed by atoms with Crippen molar-refractivity contribution in [1.29, 1.82) is 0 Å². The zero-order chi connectivity index (χ0) is 15.2. The normalized spacial score (nSPS) is 21.8. The van der Waals surface area contributed by atoms with Crippen molar-refractivity contribution in [3.8, 4) is 0 Å². The molecule has 0 bridgehead atoms. The fraction of sp³-hybridized carbons (Fsp3) is 0.917. The Morgan fingerprint density at radius 2 is 2.25 bits per heavy atom. The molecule has 118 valence electrons. The number of carbonyl (C=O) groups is 1. The third-order valence-electron chi connectivity index (χ3n) is 3.42. The molecule has 1 aliphatic heterocycles. The molecule has 1 rings (SSSR count). The van der Waals surface area contributed by atoms with Gasteiger partial charge in [0.2, 0.25) is 15.9 Å². The summed E-state index contributed by atoms with van der Waals surface area (Å²) in [6, 6.07) is -0.441. The summed E-state index contributed by atoms with van der Waals surface area (Å²) in [4.78, 5) is 14.0. The molecule has 0 radical (unpaired) electrons. The van der Waals surface area contributed by atoms with Gasteiger partial charge in [0.25, 0.3) is 0 Å². The third kappa shape index (κ3) is 6.43. The van der Waals surface area contributed by atoms with Gasteiger partial charge in [-0.2, -0.15) is 11.8 Å². The molecule has 1 unspecified atom stereocenters. The Kier molecular flexibility index (Phi) is 7.28. The second-order valence-electron chi connectivity index (χ2n) is 5.30. The van der Waals surface area contributed by atoms with Gasteiger partial charge in [-0.25, -0.2) is 13.1 Å². The third-order valence-corrected chi connectivity index (χ3v) is 4.75. The average molecular weight is 323 g/mol. The van der Waals surface area contributed by atoms with Crippen LogP contribution in [0.5, 0.6) is 0 Å². The fourth-order valence-electron chi connectivity index (χ4n) is 2.30. The van der Waals surface area contributed by atoms with Crippen molar-refractivity contribution >= 4 is 27.7 Å². The van der Waals surface area contributed by atoms with Crippen LogP contribution in [0.3, 0.4) is 0 Å². The minimum absolute atomic E-state index is 0.0110. The quantitative estimate of drug-likeness (QED) is 0.680. The minimum atomic E-state index is -3.17. The first kappa shape index (κ1) is 17.7. The number of rotatable bonds is 7. The summed E-state index contributed by atoms with van der Waals surface area (Å²) in [6.45, 7) is 1.71. The number of nitrogens with one attached hydrogen (secondary N) is 1. The molecule has 20 heavy (non-hydrogen) atoms. The number of likely N-dealkylation sites (tertiary alicyclic amines) is 1. The number of nitrogens with two attached hydrogens (primary N) is 1. The molecular weight excluding hydrogens is 298 g/mol. The van der Waals surface area contributed by atoms with Gasteiger partial charge in [-0.1, -0.05) is 0 Å². The highest BCUT2D eigenvalue weighted by atomic mass is 32.2. The Morgan fingerprint density at radius 1 is 1.55 bits per heavy atom. The van der Waals surface area contributed by atoms with Gasteiger partial charge in [0.1, 0.15) is 0 Å². The predicted octanol–water partition coefficient (Wildman–Crippen LogP) is -0.145. The van der Waals surface area contributed by atoms with Crippen LogP contribution in [0.4, 0.5) is 0 Å². The van der Waals surface area contributed by atoms with Gasteiger partial charge in [0.05, 0.1) is 12.3 Å². The van der Waals surface area contributed by atoms with Crippen LogP contribution in [-0.2, 0) is 14.8 Å². The van der Waals surface area contributed by atoms with E-state index in [9.17, 15) is 13.2 Å². The van der Waals surface area contributed by atoms with E-state index in [1.807, 2.05) is 6.26 Å². The monoisotopic (exact) mass is 323 g/mol. The predicted molar refractivity (Wildman–Crippen MR) is 83.1 cm³/mol. The fourth-order valence-corrected chi connectivity index (χ4v) is 3.33. The lowest BCUT2D eigenvalue weighted by Crippen LogP contribution is -2.49. The molecular formula is C12H25N3O3S2. The van der Waals surface area contributed by atoms with E-state index in [0.29, 0.717) is 19.5 Å². The van der Waals surface area contributed by atoms with E-state index >= 15 is 0 Å². The van der Waals surface area contributed by atoms with Gasteiger partial charge >= 0.3 is 0 Å². The van der Waals surface area contributed by atoms with E-state index in [4.69, 9.17) is 5.73 Å². The number of hydrogen-bond acceptors (Lipinski definition) is 5. The highest BCUT2D eigenvalue weighted by molar-refractivity contribution is 7.98. The maximum absolute atomic E-state index is 12.2. The molecule has 1 saturated heterocycles. The number of thioether (sulfide) groups is 1. The van der Waals surface area contributed by atoms with E-state index in [1.165, 1.54) is 0 Å². The zero-order valence-corrected chi connectivity index (χ0v) is 13.8. The number of carbonyl (C=O) groups excluding carboxylic acids is 1. The van der Waals surface area contributed by atoms with Crippen LogP contribution in [0.2, 0.25) is 0 Å². The number of piperidine rings is 1. The van der Waals surface area contributed by atoms with E-state index in [0.717, 1.165) is 31.4 Å². The van der Waals surface area contributed by atoms with Crippen LogP contribution >= 0.6 is 11.8 Å². The molecule has 1 heterocycles. The van der Waals surface area contributed by atoms with E-state index < -0.39 is 16.1 Å². The van der Waals surface area contributed by atoms with Crippen molar-refractivity contribution in [2.24, 2.45) is 11.7 Å². The Bertz CT molecular complexity index is 414. The molecule has 2 atom stereocenters. The second kappa shape index (κ2) is 8.21. The Morgan fingerprint density at radius 3 is 2.85 bits per heavy atom. The Labute approximate surface area is 125 Å². The number of hydrogen-bond donors (Lipinski definition) is 2. The van der Waals surface area contributed by atoms with Gasteiger partial charge in [-0.05, 0) is 37.2 Å². The first-order valence-corrected chi connectivity index (χ1v) is 10.1. The first-order valence-electron chi connectivity index (χ1n) is 6.81. The first-order chi connectivity index (χ1) is 9.33. The number of nitrogens with zero attached hydrogens (tertiary/aromatic N) is 1. The van der Waals surface area contributed by atoms with E-state index in [-0.39, 0.29) is 11.8 Å².